The van der Waals surface area contributed by atoms with Gasteiger partial charge in [0.05, 0.1) is 36.4 Å². The molecular weight excluding hydrogens is 620 g/mol. The summed E-state index contributed by atoms with van der Waals surface area (Å²) in [5.74, 6) is -1.56. The summed E-state index contributed by atoms with van der Waals surface area (Å²) in [7, 11) is 0. The summed E-state index contributed by atoms with van der Waals surface area (Å²) in [5, 5.41) is 35.3. The van der Waals surface area contributed by atoms with Crippen LogP contribution in [0.5, 0.6) is 0 Å². The number of hydrogen-bond donors (Lipinski definition) is 4. The predicted molar refractivity (Wildman–Crippen MR) is 178 cm³/mol. The number of carbonyl (C=O) groups is 3. The minimum Gasteiger partial charge on any atom is -0.457 e. The van der Waals surface area contributed by atoms with Gasteiger partial charge in [0.1, 0.15) is 11.7 Å². The van der Waals surface area contributed by atoms with Gasteiger partial charge < -0.3 is 44.5 Å². The van der Waals surface area contributed by atoms with E-state index in [1.54, 1.807) is 49.1 Å². The van der Waals surface area contributed by atoms with Crippen molar-refractivity contribution >= 4 is 18.0 Å². The molecule has 12 nitrogen and oxygen atoms in total. The molecule has 0 aliphatic carbocycles. The quantitative estimate of drug-likeness (QED) is 0.0881. The number of nitrogens with zero attached hydrogens (tertiary/aromatic N) is 1. The van der Waals surface area contributed by atoms with Gasteiger partial charge in [0.15, 0.2) is 6.10 Å². The molecule has 2 bridgehead atoms. The molecule has 0 aromatic carbocycles. The fourth-order valence-corrected chi connectivity index (χ4v) is 7.19. The van der Waals surface area contributed by atoms with E-state index in [1.165, 1.54) is 6.92 Å². The Balaban J connectivity index is 1.52. The normalized spacial score (nSPS) is 37.5. The molecule has 0 unspecified atom stereocenters. The Bertz CT molecular complexity index is 1250. The van der Waals surface area contributed by atoms with E-state index in [0.717, 1.165) is 6.42 Å². The second-order valence-electron chi connectivity index (χ2n) is 14.7. The van der Waals surface area contributed by atoms with Gasteiger partial charge in [-0.3, -0.25) is 9.59 Å². The predicted octanol–water partition coefficient (Wildman–Crippen LogP) is 3.33. The highest BCUT2D eigenvalue weighted by Gasteiger charge is 2.48. The smallest absolute Gasteiger partial charge is 0.410 e. The number of carbonyl (C=O) groups excluding carboxylic acids is 3. The molecule has 4 aliphatic rings. The van der Waals surface area contributed by atoms with Crippen LogP contribution in [0, 0.1) is 11.8 Å². The van der Waals surface area contributed by atoms with E-state index >= 15 is 0 Å². The van der Waals surface area contributed by atoms with Crippen molar-refractivity contribution < 1.29 is 48.7 Å². The molecule has 3 fully saturated rings. The molecular formula is C36H56N2O10. The second-order valence-corrected chi connectivity index (χ2v) is 14.7. The molecule has 0 aromatic rings. The van der Waals surface area contributed by atoms with Crippen LogP contribution >= 0.6 is 0 Å². The minimum atomic E-state index is -1.30. The Hall–Kier alpha value is -2.77. The summed E-state index contributed by atoms with van der Waals surface area (Å²) in [6.45, 7) is 13.4. The van der Waals surface area contributed by atoms with Gasteiger partial charge in [0, 0.05) is 50.4 Å². The standard InChI is InChI=1S/C36H56N2O10/c1-8-28(41)23(4)33-29(45-33)18-35(6,44)14-9-10-21(2)32-22(3)11-12-30(46-34(43)38-20-25-16-26(38)19-37-25)36(7,48-24(5)39)15-13-27(40)17-31(42)47-32/h9-12,14,22-23,25-30,32-33,37,40-41,44H,8,13,15-20H2,1-7H3/b12-11-,14-9+,21-10+/t22-,23+,25-,26-,27+,28-,29+,30-,32+,33-,35-,36+/m0/s1. The molecule has 4 heterocycles. The first-order chi connectivity index (χ1) is 22.5. The van der Waals surface area contributed by atoms with Crippen molar-refractivity contribution in [2.75, 3.05) is 13.1 Å². The van der Waals surface area contributed by atoms with Crippen LogP contribution in [0.1, 0.15) is 87.0 Å². The van der Waals surface area contributed by atoms with Gasteiger partial charge in [-0.25, -0.2) is 4.79 Å². The van der Waals surface area contributed by atoms with E-state index in [2.05, 4.69) is 5.32 Å². The SMILES string of the molecule is CC[C@H](O)[C@@H](C)[C@@H]1O[C@@H]1C[C@@](C)(O)/C=C/C=C(\C)[C@H]1OC(=O)C[C@H](O)CC[C@@](C)(OC(C)=O)[C@@H](OC(=O)N2C[C@@H]3C[C@H]2CN3)/C=C\[C@@H]1C. The van der Waals surface area contributed by atoms with E-state index in [-0.39, 0.29) is 49.5 Å². The molecule has 270 valence electrons. The number of allylic oxidation sites excluding steroid dienone is 2. The lowest BCUT2D eigenvalue weighted by Crippen LogP contribution is -2.51. The largest absolute Gasteiger partial charge is 0.457 e. The monoisotopic (exact) mass is 676 g/mol. The van der Waals surface area contributed by atoms with Crippen molar-refractivity contribution in [2.24, 2.45) is 11.8 Å². The van der Waals surface area contributed by atoms with Crippen molar-refractivity contribution in [1.82, 2.24) is 10.2 Å². The zero-order chi connectivity index (χ0) is 35.4. The maximum atomic E-state index is 13.4. The molecule has 1 amide bonds. The number of rotatable bonds is 10. The Morgan fingerprint density at radius 2 is 2.02 bits per heavy atom. The lowest BCUT2D eigenvalue weighted by molar-refractivity contribution is -0.168. The number of piperazine rings is 1. The van der Waals surface area contributed by atoms with Crippen LogP contribution in [0.4, 0.5) is 4.79 Å². The van der Waals surface area contributed by atoms with E-state index in [0.29, 0.717) is 31.5 Å². The van der Waals surface area contributed by atoms with E-state index in [4.69, 9.17) is 18.9 Å². The van der Waals surface area contributed by atoms with Crippen LogP contribution in [0.2, 0.25) is 0 Å². The van der Waals surface area contributed by atoms with Crippen molar-refractivity contribution in [3.8, 4) is 0 Å². The van der Waals surface area contributed by atoms with E-state index in [1.807, 2.05) is 27.7 Å². The zero-order valence-electron chi connectivity index (χ0n) is 29.5. The summed E-state index contributed by atoms with van der Waals surface area (Å²) in [4.78, 5) is 40.3. The molecule has 3 saturated heterocycles. The Labute approximate surface area is 284 Å². The van der Waals surface area contributed by atoms with E-state index in [9.17, 15) is 29.7 Å². The number of cyclic esters (lactones) is 1. The molecule has 4 N–H and O–H groups in total. The lowest BCUT2D eigenvalue weighted by Gasteiger charge is -2.37. The molecule has 0 aromatic heterocycles. The minimum absolute atomic E-state index is 0.0200. The first kappa shape index (κ1) is 38.0. The van der Waals surface area contributed by atoms with Crippen LogP contribution in [0.3, 0.4) is 0 Å². The molecule has 0 radical (unpaired) electrons. The van der Waals surface area contributed by atoms with Gasteiger partial charge in [-0.05, 0) is 58.1 Å². The number of likely N-dealkylation sites (tertiary alicyclic amines) is 1. The first-order valence-corrected chi connectivity index (χ1v) is 17.4. The van der Waals surface area contributed by atoms with Gasteiger partial charge in [-0.15, -0.1) is 0 Å². The third kappa shape index (κ3) is 9.90. The Morgan fingerprint density at radius 1 is 1.29 bits per heavy atom. The number of esters is 2. The molecule has 4 aliphatic heterocycles. The van der Waals surface area contributed by atoms with Gasteiger partial charge in [-0.1, -0.05) is 45.1 Å². The maximum Gasteiger partial charge on any atom is 0.410 e. The van der Waals surface area contributed by atoms with E-state index < -0.39 is 59.6 Å². The number of aliphatic hydroxyl groups is 3. The van der Waals surface area contributed by atoms with Gasteiger partial charge in [-0.2, -0.15) is 0 Å². The van der Waals surface area contributed by atoms with Crippen LogP contribution in [0.15, 0.2) is 36.0 Å². The summed E-state index contributed by atoms with van der Waals surface area (Å²) in [6, 6.07) is 0.273. The average molecular weight is 677 g/mol. The molecule has 12 atom stereocenters. The topological polar surface area (TPSA) is 167 Å². The highest BCUT2D eigenvalue weighted by molar-refractivity contribution is 5.71. The van der Waals surface area contributed by atoms with Gasteiger partial charge >= 0.3 is 18.0 Å². The maximum absolute atomic E-state index is 13.4. The van der Waals surface area contributed by atoms with Crippen molar-refractivity contribution in [2.45, 2.75) is 147 Å². The van der Waals surface area contributed by atoms with Crippen molar-refractivity contribution in [1.29, 1.82) is 0 Å². The van der Waals surface area contributed by atoms with Gasteiger partial charge in [0.25, 0.3) is 0 Å². The van der Waals surface area contributed by atoms with Crippen LogP contribution in [-0.4, -0.2) is 111 Å². The van der Waals surface area contributed by atoms with Crippen LogP contribution in [-0.2, 0) is 28.5 Å². The zero-order valence-corrected chi connectivity index (χ0v) is 29.5. The number of aliphatic hydroxyl groups excluding tert-OH is 2. The highest BCUT2D eigenvalue weighted by Crippen LogP contribution is 2.38. The van der Waals surface area contributed by atoms with Crippen LogP contribution < -0.4 is 5.32 Å². The number of fused-ring (bicyclic) bond motifs is 2. The Kier molecular flexibility index (Phi) is 12.6. The second kappa shape index (κ2) is 15.8. The number of amides is 1. The molecule has 12 heteroatoms. The number of epoxide rings is 1. The summed E-state index contributed by atoms with van der Waals surface area (Å²) < 4.78 is 23.5. The van der Waals surface area contributed by atoms with Crippen molar-refractivity contribution in [3.63, 3.8) is 0 Å². The lowest BCUT2D eigenvalue weighted by atomic mass is 9.88. The van der Waals surface area contributed by atoms with Gasteiger partial charge in [0.2, 0.25) is 0 Å². The highest BCUT2D eigenvalue weighted by atomic mass is 16.6. The third-order valence-electron chi connectivity index (χ3n) is 10.2. The average Bonchev–Trinajstić information content (AvgIpc) is 3.40. The number of nitrogens with one attached hydrogen (secondary N) is 1. The van der Waals surface area contributed by atoms with Crippen molar-refractivity contribution in [3.05, 3.63) is 36.0 Å². The molecule has 0 saturated carbocycles. The first-order valence-electron chi connectivity index (χ1n) is 17.4. The molecule has 0 spiro atoms. The molecule has 4 rings (SSSR count). The summed E-state index contributed by atoms with van der Waals surface area (Å²) in [6.07, 6.45) is 6.52. The Morgan fingerprint density at radius 3 is 2.65 bits per heavy atom. The number of ether oxygens (including phenoxy) is 4. The fraction of sp³-hybridized carbons (Fsp3) is 0.750. The molecule has 48 heavy (non-hydrogen) atoms. The summed E-state index contributed by atoms with van der Waals surface area (Å²) in [5.41, 5.74) is -1.78. The summed E-state index contributed by atoms with van der Waals surface area (Å²) >= 11 is 0. The fourth-order valence-electron chi connectivity index (χ4n) is 7.19. The van der Waals surface area contributed by atoms with Crippen LogP contribution in [0.25, 0.3) is 0 Å². The third-order valence-corrected chi connectivity index (χ3v) is 10.2. The number of hydrogen-bond acceptors (Lipinski definition) is 11.